The topological polar surface area (TPSA) is 152 Å². The van der Waals surface area contributed by atoms with E-state index in [1.165, 1.54) is 20.1 Å². The van der Waals surface area contributed by atoms with Gasteiger partial charge in [-0.15, -0.1) is 0 Å². The minimum atomic E-state index is -1.82. The fraction of sp³-hybridized carbons (Fsp3) is 0.479. The number of esters is 1. The van der Waals surface area contributed by atoms with E-state index in [1.54, 1.807) is 44.2 Å². The lowest BCUT2D eigenvalue weighted by Gasteiger charge is -2.34. The third-order valence-electron chi connectivity index (χ3n) is 11.3. The molecule has 13 nitrogen and oxygen atoms in total. The minimum Gasteiger partial charge on any atom is -0.488 e. The van der Waals surface area contributed by atoms with Crippen LogP contribution < -0.4 is 25.0 Å². The number of anilines is 1. The Hall–Kier alpha value is -5.69. The Morgan fingerprint density at radius 1 is 1.03 bits per heavy atom. The van der Waals surface area contributed by atoms with Crippen LogP contribution >= 0.6 is 0 Å². The van der Waals surface area contributed by atoms with E-state index in [4.69, 9.17) is 33.1 Å². The summed E-state index contributed by atoms with van der Waals surface area (Å²) in [5.41, 5.74) is 0.740. The summed E-state index contributed by atoms with van der Waals surface area (Å²) in [5, 5.41) is 2.95. The Kier molecular flexibility index (Phi) is 13.0. The fourth-order valence-corrected chi connectivity index (χ4v) is 8.15. The third kappa shape index (κ3) is 9.17. The summed E-state index contributed by atoms with van der Waals surface area (Å²) in [6.07, 6.45) is 8.87. The minimum absolute atomic E-state index is 0.0101. The number of hydrogen-bond donors (Lipinski definition) is 1. The number of aromatic nitrogens is 1. The highest BCUT2D eigenvalue weighted by Gasteiger charge is 2.50. The zero-order chi connectivity index (χ0) is 44.6. The molecule has 0 spiro atoms. The first-order valence-electron chi connectivity index (χ1n) is 21.3. The SMILES string of the molecule is CC.CC(=O)OC1C2C[C@H](C)CC(C)/C=C/C=C(/C)C(=O)Nc3c4oc5ccc(OCC[N+](C)(C)C)cc5nc-4c4c5c(c(C)c(c4c3=O)O2)O[C@](C)(O/C=C/C[C@H]1C)C5=O. The van der Waals surface area contributed by atoms with Crippen molar-refractivity contribution in [3.05, 3.63) is 75.7 Å². The molecule has 1 aliphatic carbocycles. The lowest BCUT2D eigenvalue weighted by molar-refractivity contribution is -0.870. The van der Waals surface area contributed by atoms with Crippen LogP contribution in [0.15, 0.2) is 63.6 Å². The van der Waals surface area contributed by atoms with Crippen molar-refractivity contribution in [2.24, 2.45) is 17.8 Å². The second-order valence-electron chi connectivity index (χ2n) is 17.5. The molecule has 2 aromatic rings. The number of nitrogens with zero attached hydrogens (tertiary/aromatic N) is 2. The van der Waals surface area contributed by atoms with Gasteiger partial charge >= 0.3 is 11.8 Å². The molecule has 61 heavy (non-hydrogen) atoms. The van der Waals surface area contributed by atoms with E-state index in [1.807, 2.05) is 32.9 Å². The number of nitrogens with one attached hydrogen (secondary N) is 1. The average Bonchev–Trinajstić information content (AvgIpc) is 3.46. The summed E-state index contributed by atoms with van der Waals surface area (Å²) >= 11 is 0. The van der Waals surface area contributed by atoms with Crippen molar-refractivity contribution in [1.29, 1.82) is 0 Å². The Morgan fingerprint density at radius 2 is 1.77 bits per heavy atom. The lowest BCUT2D eigenvalue weighted by atomic mass is 9.86. The van der Waals surface area contributed by atoms with E-state index >= 15 is 4.79 Å². The number of rotatable bonds is 5. The highest BCUT2D eigenvalue weighted by molar-refractivity contribution is 6.22. The number of ether oxygens (including phenoxy) is 5. The zero-order valence-corrected chi connectivity index (χ0v) is 37.5. The van der Waals surface area contributed by atoms with Gasteiger partial charge < -0.3 is 37.9 Å². The van der Waals surface area contributed by atoms with Crippen molar-refractivity contribution in [3.63, 3.8) is 0 Å². The predicted octanol–water partition coefficient (Wildman–Crippen LogP) is 8.91. The number of Topliss-reactive ketones (excluding diaryl/α,β-unsaturated/α-hetero) is 1. The summed E-state index contributed by atoms with van der Waals surface area (Å²) in [7, 11) is 6.23. The normalized spacial score (nSPS) is 26.2. The number of amides is 1. The van der Waals surface area contributed by atoms with Crippen LogP contribution in [0.3, 0.4) is 0 Å². The molecule has 1 N–H and O–H groups in total. The molecule has 6 atom stereocenters. The molecule has 7 rings (SSSR count). The van der Waals surface area contributed by atoms with E-state index in [0.717, 1.165) is 13.0 Å². The largest absolute Gasteiger partial charge is 0.488 e. The summed E-state index contributed by atoms with van der Waals surface area (Å²) in [6.45, 7) is 17.6. The van der Waals surface area contributed by atoms with E-state index < -0.39 is 41.1 Å². The van der Waals surface area contributed by atoms with Gasteiger partial charge in [0, 0.05) is 42.4 Å². The maximum atomic E-state index is 15.3. The van der Waals surface area contributed by atoms with E-state index in [9.17, 15) is 14.4 Å². The first-order valence-corrected chi connectivity index (χ1v) is 21.3. The van der Waals surface area contributed by atoms with E-state index in [0.29, 0.717) is 51.9 Å². The number of likely N-dealkylation sites (N-methyl/N-ethyl adjacent to an activating group) is 1. The molecule has 5 aliphatic rings. The molecule has 0 radical (unpaired) electrons. The van der Waals surface area contributed by atoms with Crippen LogP contribution in [0.2, 0.25) is 0 Å². The summed E-state index contributed by atoms with van der Waals surface area (Å²) in [4.78, 5) is 61.8. The molecule has 0 saturated carbocycles. The van der Waals surface area contributed by atoms with Crippen LogP contribution in [0.5, 0.6) is 17.2 Å². The maximum Gasteiger partial charge on any atom is 0.312 e. The average molecular weight is 839 g/mol. The second-order valence-corrected chi connectivity index (χ2v) is 17.5. The van der Waals surface area contributed by atoms with Gasteiger partial charge in [-0.05, 0) is 63.2 Å². The molecule has 0 saturated heterocycles. The van der Waals surface area contributed by atoms with Gasteiger partial charge in [-0.1, -0.05) is 52.8 Å². The zero-order valence-electron chi connectivity index (χ0n) is 37.5. The van der Waals surface area contributed by atoms with Crippen molar-refractivity contribution in [3.8, 4) is 28.7 Å². The quantitative estimate of drug-likeness (QED) is 0.0888. The molecule has 3 unspecified atom stereocenters. The molecular formula is C48H60N3O10+. The third-order valence-corrected chi connectivity index (χ3v) is 11.3. The maximum absolute atomic E-state index is 15.3. The second kappa shape index (κ2) is 17.7. The number of carbonyl (C=O) groups excluding carboxylic acids is 3. The van der Waals surface area contributed by atoms with Crippen molar-refractivity contribution in [1.82, 2.24) is 4.98 Å². The van der Waals surface area contributed by atoms with Crippen molar-refractivity contribution < 1.29 is 47.0 Å². The number of benzene rings is 3. The van der Waals surface area contributed by atoms with Gasteiger partial charge in [0.25, 0.3) is 11.7 Å². The fourth-order valence-electron chi connectivity index (χ4n) is 8.15. The van der Waals surface area contributed by atoms with Crippen molar-refractivity contribution >= 4 is 45.2 Å². The first kappa shape index (κ1) is 44.9. The number of allylic oxidation sites excluding steroid dienone is 4. The number of ketones is 1. The Bertz CT molecular complexity index is 2480. The molecule has 0 aromatic heterocycles. The van der Waals surface area contributed by atoms with Crippen LogP contribution in [-0.4, -0.2) is 79.4 Å². The van der Waals surface area contributed by atoms with Crippen LogP contribution in [0.4, 0.5) is 5.69 Å². The van der Waals surface area contributed by atoms with E-state index in [2.05, 4.69) is 40.3 Å². The first-order chi connectivity index (χ1) is 28.8. The Labute approximate surface area is 357 Å². The van der Waals surface area contributed by atoms with Crippen LogP contribution in [-0.2, 0) is 19.1 Å². The number of fused-ring (bicyclic) bond motifs is 8. The van der Waals surface area contributed by atoms with Gasteiger partial charge in [0.2, 0.25) is 5.43 Å². The summed E-state index contributed by atoms with van der Waals surface area (Å²) in [6, 6.07) is 5.18. The monoisotopic (exact) mass is 838 g/mol. The smallest absolute Gasteiger partial charge is 0.312 e. The summed E-state index contributed by atoms with van der Waals surface area (Å²) < 4.78 is 39.1. The Morgan fingerprint density at radius 3 is 2.48 bits per heavy atom. The van der Waals surface area contributed by atoms with E-state index in [-0.39, 0.29) is 62.7 Å². The molecule has 13 heteroatoms. The van der Waals surface area contributed by atoms with Gasteiger partial charge in [-0.25, -0.2) is 4.98 Å². The molecule has 1 amide bonds. The molecule has 4 aliphatic heterocycles. The van der Waals surface area contributed by atoms with Gasteiger partial charge in [-0.2, -0.15) is 0 Å². The van der Waals surface area contributed by atoms with Crippen LogP contribution in [0.25, 0.3) is 33.3 Å². The van der Waals surface area contributed by atoms with Gasteiger partial charge in [0.15, 0.2) is 11.3 Å². The lowest BCUT2D eigenvalue weighted by Crippen LogP contribution is -2.41. The standard InChI is InChI=1S/C46H53N3O10.C2H6/c1-24-13-11-14-27(4)45(53)48-38-39(51)35-34(37-43(38)57-32-17-16-30(23-31(32)47-37)54-20-18-49(8,9)10)36-42-28(5)41(35)58-33(22-25(2)21-24)40(56-29(6)50)26(3)15-12-19-55-46(7,59-42)44(36)52;1-2/h11-14,16-17,19,23-26,33,40H,15,18,20-22H2,1-10H3;1-2H3/p+1/b13-11+,19-12+,27-14-;/t24?,25-,26-,33?,40?,46+;/m1./s1. The highest BCUT2D eigenvalue weighted by Crippen LogP contribution is 2.51. The molecule has 4 heterocycles. The van der Waals surface area contributed by atoms with Gasteiger partial charge in [0.05, 0.1) is 38.4 Å². The molecule has 6 bridgehead atoms. The summed E-state index contributed by atoms with van der Waals surface area (Å²) in [5.74, 6) is -2.71. The molecule has 0 fully saturated rings. The van der Waals surface area contributed by atoms with Gasteiger partial charge in [-0.3, -0.25) is 19.2 Å². The predicted molar refractivity (Wildman–Crippen MR) is 235 cm³/mol. The number of hydrogen-bond acceptors (Lipinski definition) is 11. The number of carbonyl (C=O) groups is 3. The van der Waals surface area contributed by atoms with Crippen LogP contribution in [0, 0.1) is 24.7 Å². The Balaban J connectivity index is 0.00000307. The van der Waals surface area contributed by atoms with Crippen molar-refractivity contribution in [2.45, 2.75) is 99.6 Å². The van der Waals surface area contributed by atoms with Crippen molar-refractivity contribution in [2.75, 3.05) is 39.6 Å². The molecule has 2 aromatic carbocycles. The van der Waals surface area contributed by atoms with Crippen LogP contribution in [0.1, 0.15) is 90.6 Å². The highest BCUT2D eigenvalue weighted by atomic mass is 16.7. The number of quaternary nitrogens is 1. The molecular weight excluding hydrogens is 779 g/mol. The van der Waals surface area contributed by atoms with Gasteiger partial charge in [0.1, 0.15) is 59.5 Å². The molecule has 326 valence electrons.